The van der Waals surface area contributed by atoms with Crippen LogP contribution in [0.15, 0.2) is 47.8 Å². The zero-order chi connectivity index (χ0) is 17.4. The van der Waals surface area contributed by atoms with Gasteiger partial charge in [-0.1, -0.05) is 30.3 Å². The number of nitrogen functional groups attached to an aromatic ring is 1. The number of benzene rings is 2. The van der Waals surface area contributed by atoms with Crippen LogP contribution in [0.5, 0.6) is 11.5 Å². The summed E-state index contributed by atoms with van der Waals surface area (Å²) in [5.41, 5.74) is 10.7. The number of hydrogen-bond donors (Lipinski definition) is 1. The second-order valence-electron chi connectivity index (χ2n) is 6.35. The first-order valence-corrected chi connectivity index (χ1v) is 9.05. The smallest absolute Gasteiger partial charge is 0.180 e. The minimum atomic E-state index is -0.225. The van der Waals surface area contributed by atoms with Crippen molar-refractivity contribution in [1.29, 1.82) is 0 Å². The Balaban J connectivity index is 1.89. The lowest BCUT2D eigenvalue weighted by atomic mass is 9.75. The zero-order valence-electron chi connectivity index (χ0n) is 14.3. The van der Waals surface area contributed by atoms with Gasteiger partial charge in [0.1, 0.15) is 0 Å². The number of hydrogen-bond acceptors (Lipinski definition) is 5. The molecule has 3 aromatic rings. The normalized spacial score (nSPS) is 15.0. The number of thiazole rings is 1. The maximum atomic E-state index is 5.95. The predicted molar refractivity (Wildman–Crippen MR) is 101 cm³/mol. The van der Waals surface area contributed by atoms with Crippen molar-refractivity contribution < 1.29 is 9.47 Å². The molecule has 128 valence electrons. The Labute approximate surface area is 151 Å². The molecule has 1 heterocycles. The van der Waals surface area contributed by atoms with Crippen LogP contribution in [0.3, 0.4) is 0 Å². The van der Waals surface area contributed by atoms with Gasteiger partial charge >= 0.3 is 0 Å². The van der Waals surface area contributed by atoms with Crippen LogP contribution >= 0.6 is 11.3 Å². The van der Waals surface area contributed by atoms with Crippen LogP contribution in [0.1, 0.15) is 22.4 Å². The molecule has 0 amide bonds. The van der Waals surface area contributed by atoms with E-state index in [1.807, 2.05) is 6.07 Å². The van der Waals surface area contributed by atoms with Crippen molar-refractivity contribution in [2.75, 3.05) is 20.0 Å². The molecule has 1 aromatic heterocycles. The number of fused-ring (bicyclic) bond motifs is 1. The molecule has 0 spiro atoms. The SMILES string of the molecule is COc1ccc(C2(c3csc(N)n3)Cc3ccccc3C2)cc1OC. The monoisotopic (exact) mass is 352 g/mol. The molecular formula is C20H20N2O2S. The van der Waals surface area contributed by atoms with Crippen molar-refractivity contribution >= 4 is 16.5 Å². The fourth-order valence-electron chi connectivity index (χ4n) is 3.79. The maximum Gasteiger partial charge on any atom is 0.180 e. The lowest BCUT2D eigenvalue weighted by Gasteiger charge is -2.28. The number of methoxy groups -OCH3 is 2. The third-order valence-electron chi connectivity index (χ3n) is 5.05. The zero-order valence-corrected chi connectivity index (χ0v) is 15.1. The number of nitrogens with two attached hydrogens (primary N) is 1. The van der Waals surface area contributed by atoms with E-state index >= 15 is 0 Å². The molecule has 0 radical (unpaired) electrons. The van der Waals surface area contributed by atoms with Gasteiger partial charge in [-0.2, -0.15) is 0 Å². The van der Waals surface area contributed by atoms with Gasteiger partial charge in [-0.15, -0.1) is 11.3 Å². The van der Waals surface area contributed by atoms with Crippen molar-refractivity contribution in [1.82, 2.24) is 4.98 Å². The van der Waals surface area contributed by atoms with Crippen molar-refractivity contribution in [2.45, 2.75) is 18.3 Å². The average Bonchev–Trinajstić information content (AvgIpc) is 3.25. The summed E-state index contributed by atoms with van der Waals surface area (Å²) in [5.74, 6) is 1.47. The third kappa shape index (κ3) is 2.55. The minimum Gasteiger partial charge on any atom is -0.493 e. The summed E-state index contributed by atoms with van der Waals surface area (Å²) >= 11 is 1.49. The first kappa shape index (κ1) is 16.0. The van der Waals surface area contributed by atoms with E-state index in [2.05, 4.69) is 46.8 Å². The van der Waals surface area contributed by atoms with Crippen molar-refractivity contribution in [3.8, 4) is 11.5 Å². The van der Waals surface area contributed by atoms with E-state index < -0.39 is 0 Å². The van der Waals surface area contributed by atoms with Crippen molar-refractivity contribution in [3.05, 3.63) is 70.2 Å². The molecule has 1 aliphatic rings. The molecule has 4 nitrogen and oxygen atoms in total. The Morgan fingerprint density at radius 3 is 2.24 bits per heavy atom. The Bertz CT molecular complexity index is 895. The fourth-order valence-corrected chi connectivity index (χ4v) is 4.45. The minimum absolute atomic E-state index is 0.225. The summed E-state index contributed by atoms with van der Waals surface area (Å²) in [6, 6.07) is 14.7. The van der Waals surface area contributed by atoms with Gasteiger partial charge in [0, 0.05) is 10.8 Å². The summed E-state index contributed by atoms with van der Waals surface area (Å²) in [6.45, 7) is 0. The van der Waals surface area contributed by atoms with Crippen LogP contribution in [-0.4, -0.2) is 19.2 Å². The van der Waals surface area contributed by atoms with Gasteiger partial charge in [-0.3, -0.25) is 0 Å². The lowest BCUT2D eigenvalue weighted by molar-refractivity contribution is 0.353. The Hall–Kier alpha value is -2.53. The van der Waals surface area contributed by atoms with Crippen LogP contribution < -0.4 is 15.2 Å². The van der Waals surface area contributed by atoms with E-state index in [9.17, 15) is 0 Å². The molecule has 0 atom stereocenters. The molecule has 0 aliphatic heterocycles. The largest absolute Gasteiger partial charge is 0.493 e. The first-order valence-electron chi connectivity index (χ1n) is 8.17. The van der Waals surface area contributed by atoms with E-state index in [1.165, 1.54) is 28.0 Å². The van der Waals surface area contributed by atoms with Crippen LogP contribution in [0, 0.1) is 0 Å². The molecule has 0 fully saturated rings. The molecule has 1 aliphatic carbocycles. The Morgan fingerprint density at radius 2 is 1.68 bits per heavy atom. The van der Waals surface area contributed by atoms with Gasteiger partial charge in [0.05, 0.1) is 19.9 Å². The van der Waals surface area contributed by atoms with E-state index in [0.717, 1.165) is 30.0 Å². The van der Waals surface area contributed by atoms with Gasteiger partial charge in [-0.05, 0) is 41.7 Å². The molecule has 2 N–H and O–H groups in total. The highest BCUT2D eigenvalue weighted by atomic mass is 32.1. The quantitative estimate of drug-likeness (QED) is 0.775. The molecule has 25 heavy (non-hydrogen) atoms. The van der Waals surface area contributed by atoms with Gasteiger partial charge in [0.2, 0.25) is 0 Å². The second kappa shape index (κ2) is 6.08. The Morgan fingerprint density at radius 1 is 1.00 bits per heavy atom. The van der Waals surface area contributed by atoms with Gasteiger partial charge in [0.25, 0.3) is 0 Å². The van der Waals surface area contributed by atoms with Crippen LogP contribution in [0.2, 0.25) is 0 Å². The fraction of sp³-hybridized carbons (Fsp3) is 0.250. The number of aromatic nitrogens is 1. The van der Waals surface area contributed by atoms with Crippen LogP contribution in [0.4, 0.5) is 5.13 Å². The van der Waals surface area contributed by atoms with E-state index in [4.69, 9.17) is 15.2 Å². The van der Waals surface area contributed by atoms with Crippen LogP contribution in [0.25, 0.3) is 0 Å². The molecule has 0 saturated heterocycles. The summed E-state index contributed by atoms with van der Waals surface area (Å²) in [4.78, 5) is 4.65. The molecule has 0 bridgehead atoms. The maximum absolute atomic E-state index is 5.95. The highest BCUT2D eigenvalue weighted by Gasteiger charge is 2.42. The van der Waals surface area contributed by atoms with Gasteiger partial charge < -0.3 is 15.2 Å². The van der Waals surface area contributed by atoms with E-state index in [-0.39, 0.29) is 5.41 Å². The number of nitrogens with zero attached hydrogens (tertiary/aromatic N) is 1. The number of rotatable bonds is 4. The van der Waals surface area contributed by atoms with Crippen molar-refractivity contribution in [3.63, 3.8) is 0 Å². The van der Waals surface area contributed by atoms with E-state index in [1.54, 1.807) is 14.2 Å². The third-order valence-corrected chi connectivity index (χ3v) is 5.73. The summed E-state index contributed by atoms with van der Waals surface area (Å²) in [6.07, 6.45) is 1.81. The molecular weight excluding hydrogens is 332 g/mol. The van der Waals surface area contributed by atoms with E-state index in [0.29, 0.717) is 5.13 Å². The summed E-state index contributed by atoms with van der Waals surface area (Å²) in [5, 5.41) is 2.68. The molecule has 0 unspecified atom stereocenters. The van der Waals surface area contributed by atoms with Gasteiger partial charge in [0.15, 0.2) is 16.6 Å². The summed E-state index contributed by atoms with van der Waals surface area (Å²) in [7, 11) is 3.32. The van der Waals surface area contributed by atoms with Crippen molar-refractivity contribution in [2.24, 2.45) is 0 Å². The highest BCUT2D eigenvalue weighted by Crippen LogP contribution is 2.47. The molecule has 4 rings (SSSR count). The van der Waals surface area contributed by atoms with Gasteiger partial charge in [-0.25, -0.2) is 4.98 Å². The Kier molecular flexibility index (Phi) is 3.88. The average molecular weight is 352 g/mol. The topological polar surface area (TPSA) is 57.4 Å². The highest BCUT2D eigenvalue weighted by molar-refractivity contribution is 7.13. The number of anilines is 1. The lowest BCUT2D eigenvalue weighted by Crippen LogP contribution is -2.29. The standard InChI is InChI=1S/C20H20N2O2S/c1-23-16-8-7-15(9-17(16)24-2)20(18-12-25-19(21)22-18)10-13-5-3-4-6-14(13)11-20/h3-9,12H,10-11H2,1-2H3,(H2,21,22). The number of ether oxygens (including phenoxy) is 2. The predicted octanol–water partition coefficient (Wildman–Crippen LogP) is 3.83. The summed E-state index contributed by atoms with van der Waals surface area (Å²) < 4.78 is 10.9. The first-order chi connectivity index (χ1) is 12.2. The van der Waals surface area contributed by atoms with Crippen LogP contribution in [-0.2, 0) is 18.3 Å². The molecule has 0 saturated carbocycles. The second-order valence-corrected chi connectivity index (χ2v) is 7.23. The molecule has 5 heteroatoms. The molecule has 2 aromatic carbocycles.